The second-order valence-corrected chi connectivity index (χ2v) is 5.19. The van der Waals surface area contributed by atoms with Crippen molar-refractivity contribution in [3.8, 4) is 0 Å². The Hall–Kier alpha value is -0.130. The molecule has 2 rings (SSSR count). The van der Waals surface area contributed by atoms with Crippen LogP contribution in [0, 0.1) is 0 Å². The highest BCUT2D eigenvalue weighted by Crippen LogP contribution is 2.21. The van der Waals surface area contributed by atoms with E-state index in [1.54, 1.807) is 11.3 Å². The number of hydrogen-bond acceptors (Lipinski definition) is 4. The van der Waals surface area contributed by atoms with Crippen molar-refractivity contribution in [1.82, 2.24) is 10.3 Å². The molecule has 78 valence electrons. The fourth-order valence-electron chi connectivity index (χ4n) is 1.64. The van der Waals surface area contributed by atoms with Crippen LogP contribution in [0.4, 0.5) is 5.13 Å². The van der Waals surface area contributed by atoms with Crippen LogP contribution in [0.5, 0.6) is 0 Å². The molecule has 0 saturated carbocycles. The van der Waals surface area contributed by atoms with Crippen molar-refractivity contribution in [1.29, 1.82) is 0 Å². The van der Waals surface area contributed by atoms with Crippen LogP contribution in [0.25, 0.3) is 0 Å². The lowest BCUT2D eigenvalue weighted by atomic mass is 10.1. The highest BCUT2D eigenvalue weighted by atomic mass is 79.9. The molecule has 1 saturated heterocycles. The molecule has 0 spiro atoms. The second-order valence-electron chi connectivity index (χ2n) is 3.52. The molecular formula is C9H14BrN3S. The van der Waals surface area contributed by atoms with Gasteiger partial charge in [-0.1, -0.05) is 6.42 Å². The molecule has 0 amide bonds. The summed E-state index contributed by atoms with van der Waals surface area (Å²) in [5, 5.41) is 9.91. The minimum atomic E-state index is 0.538. The van der Waals surface area contributed by atoms with Crippen molar-refractivity contribution in [2.24, 2.45) is 0 Å². The maximum Gasteiger partial charge on any atom is 0.183 e. The Kier molecular flexibility index (Phi) is 3.78. The minimum Gasteiger partial charge on any atom is -0.357 e. The average molecular weight is 276 g/mol. The largest absolute Gasteiger partial charge is 0.357 e. The number of aromatic nitrogens is 1. The third-order valence-corrected chi connectivity index (χ3v) is 3.83. The molecule has 0 radical (unpaired) electrons. The summed E-state index contributed by atoms with van der Waals surface area (Å²) in [6.45, 7) is 2.21. The fraction of sp³-hybridized carbons (Fsp3) is 0.667. The van der Waals surface area contributed by atoms with Gasteiger partial charge >= 0.3 is 0 Å². The zero-order chi connectivity index (χ0) is 9.80. The van der Waals surface area contributed by atoms with E-state index in [0.717, 1.165) is 22.8 Å². The van der Waals surface area contributed by atoms with E-state index in [9.17, 15) is 0 Å². The van der Waals surface area contributed by atoms with Gasteiger partial charge in [0.1, 0.15) is 4.60 Å². The van der Waals surface area contributed by atoms with Gasteiger partial charge in [0.25, 0.3) is 0 Å². The van der Waals surface area contributed by atoms with E-state index in [4.69, 9.17) is 0 Å². The number of hydrogen-bond donors (Lipinski definition) is 2. The summed E-state index contributed by atoms with van der Waals surface area (Å²) >= 11 is 5.01. The zero-order valence-corrected chi connectivity index (χ0v) is 10.3. The van der Waals surface area contributed by atoms with E-state index in [1.165, 1.54) is 19.3 Å². The molecule has 1 fully saturated rings. The van der Waals surface area contributed by atoms with Crippen LogP contribution in [-0.2, 0) is 0 Å². The standard InChI is InChI=1S/C9H14BrN3S/c10-8-6-14-9(13-8)12-7-3-1-2-4-11-5-7/h6-7,11H,1-5H2,(H,12,13). The first-order valence-electron chi connectivity index (χ1n) is 4.93. The van der Waals surface area contributed by atoms with Crippen LogP contribution >= 0.6 is 27.3 Å². The molecule has 0 aromatic carbocycles. The summed E-state index contributed by atoms with van der Waals surface area (Å²) in [5.41, 5.74) is 0. The first-order valence-corrected chi connectivity index (χ1v) is 6.60. The van der Waals surface area contributed by atoms with Gasteiger partial charge < -0.3 is 10.6 Å². The van der Waals surface area contributed by atoms with Gasteiger partial charge in [-0.05, 0) is 35.3 Å². The first kappa shape index (κ1) is 10.4. The smallest absolute Gasteiger partial charge is 0.183 e. The van der Waals surface area contributed by atoms with Gasteiger partial charge in [0.2, 0.25) is 0 Å². The summed E-state index contributed by atoms with van der Waals surface area (Å²) in [7, 11) is 0. The van der Waals surface area contributed by atoms with E-state index in [1.807, 2.05) is 5.38 Å². The van der Waals surface area contributed by atoms with Crippen LogP contribution < -0.4 is 10.6 Å². The zero-order valence-electron chi connectivity index (χ0n) is 7.92. The Balaban J connectivity index is 1.89. The van der Waals surface area contributed by atoms with Crippen molar-refractivity contribution < 1.29 is 0 Å². The van der Waals surface area contributed by atoms with Crippen LogP contribution in [-0.4, -0.2) is 24.1 Å². The van der Waals surface area contributed by atoms with E-state index in [-0.39, 0.29) is 0 Å². The Morgan fingerprint density at radius 3 is 3.29 bits per heavy atom. The van der Waals surface area contributed by atoms with Crippen molar-refractivity contribution >= 4 is 32.4 Å². The molecule has 3 nitrogen and oxygen atoms in total. The van der Waals surface area contributed by atoms with Gasteiger partial charge in [-0.25, -0.2) is 4.98 Å². The summed E-state index contributed by atoms with van der Waals surface area (Å²) < 4.78 is 0.923. The molecular weight excluding hydrogens is 262 g/mol. The lowest BCUT2D eigenvalue weighted by Gasteiger charge is -2.14. The molecule has 0 bridgehead atoms. The summed E-state index contributed by atoms with van der Waals surface area (Å²) in [6.07, 6.45) is 3.83. The third-order valence-electron chi connectivity index (χ3n) is 2.35. The third kappa shape index (κ3) is 2.93. The summed E-state index contributed by atoms with van der Waals surface area (Å²) in [4.78, 5) is 4.33. The Morgan fingerprint density at radius 1 is 1.57 bits per heavy atom. The molecule has 1 aromatic rings. The maximum absolute atomic E-state index is 4.33. The van der Waals surface area contributed by atoms with Gasteiger partial charge in [0, 0.05) is 18.0 Å². The molecule has 1 aliphatic heterocycles. The summed E-state index contributed by atoms with van der Waals surface area (Å²) in [5.74, 6) is 0. The molecule has 1 aliphatic rings. The van der Waals surface area contributed by atoms with E-state index in [2.05, 4.69) is 31.5 Å². The topological polar surface area (TPSA) is 37.0 Å². The Labute approximate surface area is 96.4 Å². The monoisotopic (exact) mass is 275 g/mol. The van der Waals surface area contributed by atoms with Gasteiger partial charge in [0.05, 0.1) is 0 Å². The van der Waals surface area contributed by atoms with Crippen molar-refractivity contribution in [2.45, 2.75) is 25.3 Å². The number of nitrogens with one attached hydrogen (secondary N) is 2. The van der Waals surface area contributed by atoms with Crippen molar-refractivity contribution in [3.05, 3.63) is 9.98 Å². The highest BCUT2D eigenvalue weighted by molar-refractivity contribution is 9.10. The molecule has 5 heteroatoms. The maximum atomic E-state index is 4.33. The van der Waals surface area contributed by atoms with E-state index >= 15 is 0 Å². The minimum absolute atomic E-state index is 0.538. The quantitative estimate of drug-likeness (QED) is 0.871. The van der Waals surface area contributed by atoms with Crippen LogP contribution in [0.15, 0.2) is 9.98 Å². The van der Waals surface area contributed by atoms with E-state index in [0.29, 0.717) is 6.04 Å². The second kappa shape index (κ2) is 5.09. The Morgan fingerprint density at radius 2 is 2.50 bits per heavy atom. The number of anilines is 1. The molecule has 2 N–H and O–H groups in total. The molecule has 1 unspecified atom stereocenters. The average Bonchev–Trinajstić information content (AvgIpc) is 2.43. The highest BCUT2D eigenvalue weighted by Gasteiger charge is 2.12. The normalized spacial score (nSPS) is 23.1. The molecule has 1 atom stereocenters. The number of thiazole rings is 1. The van der Waals surface area contributed by atoms with Crippen LogP contribution in [0.2, 0.25) is 0 Å². The van der Waals surface area contributed by atoms with Gasteiger partial charge in [0.15, 0.2) is 5.13 Å². The molecule has 1 aromatic heterocycles. The number of halogens is 1. The number of nitrogens with zero attached hydrogens (tertiary/aromatic N) is 1. The van der Waals surface area contributed by atoms with Crippen LogP contribution in [0.1, 0.15) is 19.3 Å². The van der Waals surface area contributed by atoms with Gasteiger partial charge in [-0.15, -0.1) is 11.3 Å². The van der Waals surface area contributed by atoms with E-state index < -0.39 is 0 Å². The lowest BCUT2D eigenvalue weighted by Crippen LogP contribution is -2.30. The number of rotatable bonds is 2. The van der Waals surface area contributed by atoms with Crippen molar-refractivity contribution in [2.75, 3.05) is 18.4 Å². The fourth-order valence-corrected chi connectivity index (χ4v) is 2.86. The van der Waals surface area contributed by atoms with Gasteiger partial charge in [-0.2, -0.15) is 0 Å². The molecule has 0 aliphatic carbocycles. The predicted molar refractivity (Wildman–Crippen MR) is 63.9 cm³/mol. The predicted octanol–water partition coefficient (Wildman–Crippen LogP) is 2.46. The first-order chi connectivity index (χ1) is 6.84. The lowest BCUT2D eigenvalue weighted by molar-refractivity contribution is 0.635. The molecule has 2 heterocycles. The molecule has 14 heavy (non-hydrogen) atoms. The SMILES string of the molecule is Brc1csc(NC2CCCCNC2)n1. The van der Waals surface area contributed by atoms with Crippen molar-refractivity contribution in [3.63, 3.8) is 0 Å². The Bertz CT molecular complexity index is 281. The van der Waals surface area contributed by atoms with Crippen LogP contribution in [0.3, 0.4) is 0 Å². The summed E-state index contributed by atoms with van der Waals surface area (Å²) in [6, 6.07) is 0.538. The van der Waals surface area contributed by atoms with Gasteiger partial charge in [-0.3, -0.25) is 0 Å².